The number of hydrogen-bond acceptors (Lipinski definition) is 3. The highest BCUT2D eigenvalue weighted by atomic mass is 16.5. The van der Waals surface area contributed by atoms with Crippen LogP contribution < -0.4 is 19.5 Å². The van der Waals surface area contributed by atoms with Crippen LogP contribution in [0.3, 0.4) is 0 Å². The van der Waals surface area contributed by atoms with Gasteiger partial charge in [-0.1, -0.05) is 0 Å². The normalized spacial score (nSPS) is 10.0. The number of nitrogens with two attached hydrogens (primary N) is 1. The van der Waals surface area contributed by atoms with Crippen LogP contribution in [0.25, 0.3) is 0 Å². The van der Waals surface area contributed by atoms with Crippen molar-refractivity contribution in [3.8, 4) is 17.2 Å². The molecule has 0 bridgehead atoms. The molecule has 16 heavy (non-hydrogen) atoms. The standard InChI is InChI=1S/C12H19NO3/c1-13-6-5-9-7-10(14-2)12(16-4)11(8-9)15-3/h7-8,13H,5-6H2,1-4H3/p+1. The van der Waals surface area contributed by atoms with Crippen LogP contribution >= 0.6 is 0 Å². The number of methoxy groups -OCH3 is 3. The molecule has 0 amide bonds. The molecule has 0 atom stereocenters. The Morgan fingerprint density at radius 3 is 1.94 bits per heavy atom. The van der Waals surface area contributed by atoms with Gasteiger partial charge in [0.2, 0.25) is 5.75 Å². The topological polar surface area (TPSA) is 44.3 Å². The average Bonchev–Trinajstić information content (AvgIpc) is 2.34. The predicted octanol–water partition coefficient (Wildman–Crippen LogP) is 0.448. The lowest BCUT2D eigenvalue weighted by Gasteiger charge is -2.13. The first-order chi connectivity index (χ1) is 7.76. The van der Waals surface area contributed by atoms with E-state index in [4.69, 9.17) is 14.2 Å². The molecule has 0 aliphatic rings. The van der Waals surface area contributed by atoms with Crippen molar-refractivity contribution in [3.05, 3.63) is 17.7 Å². The Labute approximate surface area is 96.5 Å². The fourth-order valence-corrected chi connectivity index (χ4v) is 1.59. The lowest BCUT2D eigenvalue weighted by Crippen LogP contribution is -2.80. The molecule has 1 aromatic carbocycles. The van der Waals surface area contributed by atoms with Gasteiger partial charge in [-0.05, 0) is 17.7 Å². The quantitative estimate of drug-likeness (QED) is 0.766. The number of rotatable bonds is 6. The third-order valence-corrected chi connectivity index (χ3v) is 2.45. The van der Waals surface area contributed by atoms with Crippen LogP contribution in [0.5, 0.6) is 17.2 Å². The van der Waals surface area contributed by atoms with E-state index in [2.05, 4.69) is 12.4 Å². The number of quaternary nitrogens is 1. The molecule has 0 fully saturated rings. The van der Waals surface area contributed by atoms with Gasteiger partial charge in [0.15, 0.2) is 11.5 Å². The van der Waals surface area contributed by atoms with Crippen molar-refractivity contribution in [2.75, 3.05) is 34.9 Å². The first kappa shape index (κ1) is 12.6. The highest BCUT2D eigenvalue weighted by Gasteiger charge is 2.12. The summed E-state index contributed by atoms with van der Waals surface area (Å²) in [5, 5.41) is 2.14. The summed E-state index contributed by atoms with van der Waals surface area (Å²) in [6, 6.07) is 3.98. The zero-order chi connectivity index (χ0) is 12.0. The van der Waals surface area contributed by atoms with Gasteiger partial charge in [-0.3, -0.25) is 0 Å². The number of benzene rings is 1. The summed E-state index contributed by atoms with van der Waals surface area (Å²) in [5.41, 5.74) is 1.19. The first-order valence-corrected chi connectivity index (χ1v) is 5.33. The van der Waals surface area contributed by atoms with Crippen molar-refractivity contribution < 1.29 is 19.5 Å². The van der Waals surface area contributed by atoms with Gasteiger partial charge in [0, 0.05) is 6.42 Å². The van der Waals surface area contributed by atoms with Crippen molar-refractivity contribution in [1.82, 2.24) is 0 Å². The minimum absolute atomic E-state index is 0.647. The van der Waals surface area contributed by atoms with Crippen molar-refractivity contribution in [1.29, 1.82) is 0 Å². The van der Waals surface area contributed by atoms with Gasteiger partial charge in [-0.2, -0.15) is 0 Å². The van der Waals surface area contributed by atoms with Gasteiger partial charge in [0.1, 0.15) is 0 Å². The minimum atomic E-state index is 0.647. The van der Waals surface area contributed by atoms with Gasteiger partial charge in [0.25, 0.3) is 0 Å². The maximum atomic E-state index is 5.28. The largest absolute Gasteiger partial charge is 0.493 e. The summed E-state index contributed by atoms with van der Waals surface area (Å²) >= 11 is 0. The van der Waals surface area contributed by atoms with Crippen LogP contribution in [0.1, 0.15) is 5.56 Å². The van der Waals surface area contributed by atoms with E-state index in [1.54, 1.807) is 21.3 Å². The van der Waals surface area contributed by atoms with Gasteiger partial charge in [0.05, 0.1) is 34.9 Å². The van der Waals surface area contributed by atoms with Crippen molar-refractivity contribution in [2.45, 2.75) is 6.42 Å². The molecule has 1 rings (SSSR count). The molecule has 0 aliphatic carbocycles. The van der Waals surface area contributed by atoms with E-state index in [1.807, 2.05) is 12.1 Å². The van der Waals surface area contributed by atoms with Crippen LogP contribution in [0.2, 0.25) is 0 Å². The minimum Gasteiger partial charge on any atom is -0.493 e. The number of likely N-dealkylation sites (N-methyl/N-ethyl adjacent to an activating group) is 1. The summed E-state index contributed by atoms with van der Waals surface area (Å²) in [6.07, 6.45) is 0.979. The van der Waals surface area contributed by atoms with Crippen LogP contribution in [0.4, 0.5) is 0 Å². The molecule has 2 N–H and O–H groups in total. The summed E-state index contributed by atoms with van der Waals surface area (Å²) in [6.45, 7) is 1.04. The maximum absolute atomic E-state index is 5.28. The number of hydrogen-bond donors (Lipinski definition) is 1. The van der Waals surface area contributed by atoms with Crippen molar-refractivity contribution in [3.63, 3.8) is 0 Å². The summed E-state index contributed by atoms with van der Waals surface area (Å²) in [4.78, 5) is 0. The molecule has 1 aromatic rings. The molecule has 0 saturated heterocycles. The van der Waals surface area contributed by atoms with Crippen LogP contribution in [0, 0.1) is 0 Å². The lowest BCUT2D eigenvalue weighted by atomic mass is 10.1. The number of ether oxygens (including phenoxy) is 3. The maximum Gasteiger partial charge on any atom is 0.203 e. The zero-order valence-corrected chi connectivity index (χ0v) is 10.4. The fraction of sp³-hybridized carbons (Fsp3) is 0.500. The molecule has 0 heterocycles. The second-order valence-electron chi connectivity index (χ2n) is 3.48. The zero-order valence-electron chi connectivity index (χ0n) is 10.4. The molecule has 4 heteroatoms. The third kappa shape index (κ3) is 2.79. The molecule has 0 saturated carbocycles. The highest BCUT2D eigenvalue weighted by molar-refractivity contribution is 5.53. The molecule has 90 valence electrons. The molecule has 0 aromatic heterocycles. The molecule has 0 radical (unpaired) electrons. The van der Waals surface area contributed by atoms with Gasteiger partial charge >= 0.3 is 0 Å². The van der Waals surface area contributed by atoms with E-state index < -0.39 is 0 Å². The Morgan fingerprint density at radius 1 is 1.00 bits per heavy atom. The van der Waals surface area contributed by atoms with Gasteiger partial charge < -0.3 is 19.5 Å². The molecule has 0 spiro atoms. The molecule has 0 unspecified atom stereocenters. The second-order valence-corrected chi connectivity index (χ2v) is 3.48. The Balaban J connectivity index is 3.05. The van der Waals surface area contributed by atoms with E-state index in [1.165, 1.54) is 5.56 Å². The van der Waals surface area contributed by atoms with Crippen molar-refractivity contribution >= 4 is 0 Å². The summed E-state index contributed by atoms with van der Waals surface area (Å²) in [5.74, 6) is 2.08. The smallest absolute Gasteiger partial charge is 0.203 e. The molecule has 0 aliphatic heterocycles. The Morgan fingerprint density at radius 2 is 1.56 bits per heavy atom. The molecular weight excluding hydrogens is 206 g/mol. The highest BCUT2D eigenvalue weighted by Crippen LogP contribution is 2.38. The SMILES string of the molecule is C[NH2+]CCc1cc(OC)c(OC)c(OC)c1. The van der Waals surface area contributed by atoms with Gasteiger partial charge in [-0.15, -0.1) is 0 Å². The van der Waals surface area contributed by atoms with Crippen LogP contribution in [-0.4, -0.2) is 34.9 Å². The molecule has 4 nitrogen and oxygen atoms in total. The van der Waals surface area contributed by atoms with E-state index in [0.29, 0.717) is 17.2 Å². The summed E-state index contributed by atoms with van der Waals surface area (Å²) < 4.78 is 15.8. The van der Waals surface area contributed by atoms with E-state index >= 15 is 0 Å². The predicted molar refractivity (Wildman–Crippen MR) is 62.5 cm³/mol. The molecular formula is C12H20NO3+. The van der Waals surface area contributed by atoms with E-state index in [0.717, 1.165) is 13.0 Å². The van der Waals surface area contributed by atoms with Crippen molar-refractivity contribution in [2.24, 2.45) is 0 Å². The third-order valence-electron chi connectivity index (χ3n) is 2.45. The Bertz CT molecular complexity index is 314. The Kier molecular flexibility index (Phi) is 4.92. The first-order valence-electron chi connectivity index (χ1n) is 5.33. The van der Waals surface area contributed by atoms with E-state index in [9.17, 15) is 0 Å². The monoisotopic (exact) mass is 226 g/mol. The summed E-state index contributed by atoms with van der Waals surface area (Å²) in [7, 11) is 6.93. The van der Waals surface area contributed by atoms with Crippen LogP contribution in [-0.2, 0) is 6.42 Å². The second kappa shape index (κ2) is 6.23. The van der Waals surface area contributed by atoms with E-state index in [-0.39, 0.29) is 0 Å². The van der Waals surface area contributed by atoms with Crippen LogP contribution in [0.15, 0.2) is 12.1 Å². The average molecular weight is 226 g/mol. The fourth-order valence-electron chi connectivity index (χ4n) is 1.59. The Hall–Kier alpha value is -1.42. The lowest BCUT2D eigenvalue weighted by molar-refractivity contribution is -0.626. The van der Waals surface area contributed by atoms with Gasteiger partial charge in [-0.25, -0.2) is 0 Å².